The lowest BCUT2D eigenvalue weighted by Crippen LogP contribution is -2.12. The summed E-state index contributed by atoms with van der Waals surface area (Å²) in [5.41, 5.74) is 1.01. The van der Waals surface area contributed by atoms with E-state index in [1.54, 1.807) is 0 Å². The smallest absolute Gasteiger partial charge is 0.184 e. The van der Waals surface area contributed by atoms with Gasteiger partial charge < -0.3 is 0 Å². The molecule has 0 amide bonds. The summed E-state index contributed by atoms with van der Waals surface area (Å²) in [5, 5.41) is 0. The summed E-state index contributed by atoms with van der Waals surface area (Å²) in [7, 11) is 0. The van der Waals surface area contributed by atoms with Crippen LogP contribution in [0.3, 0.4) is 0 Å². The van der Waals surface area contributed by atoms with E-state index in [1.165, 1.54) is 11.3 Å². The first-order valence-corrected chi connectivity index (χ1v) is 4.73. The molecule has 0 fully saturated rings. The largest absolute Gasteiger partial charge is 0.247 e. The molecule has 1 unspecified atom stereocenters. The van der Waals surface area contributed by atoms with E-state index in [-0.39, 0.29) is 0 Å². The highest BCUT2D eigenvalue weighted by Crippen LogP contribution is 2.30. The minimum absolute atomic E-state index is 0.514. The lowest BCUT2D eigenvalue weighted by molar-refractivity contribution is 0.302. The number of hydrogen-bond donors (Lipinski definition) is 0. The van der Waals surface area contributed by atoms with Crippen LogP contribution in [0.5, 0.6) is 0 Å². The molecular formula is C7H7ClFNS. The molecule has 0 N–H and O–H groups in total. The first-order chi connectivity index (χ1) is 5.25. The highest BCUT2D eigenvalue weighted by atomic mass is 35.5. The topological polar surface area (TPSA) is 12.9 Å². The number of hydrogen-bond acceptors (Lipinski definition) is 2. The zero-order chi connectivity index (χ0) is 7.84. The Morgan fingerprint density at radius 3 is 3.27 bits per heavy atom. The molecule has 1 atom stereocenters. The van der Waals surface area contributed by atoms with Crippen LogP contribution >= 0.6 is 22.9 Å². The van der Waals surface area contributed by atoms with Crippen LogP contribution in [0.1, 0.15) is 17.0 Å². The Labute approximate surface area is 73.2 Å². The molecule has 1 aromatic rings. The average Bonchev–Trinajstić information content (AvgIpc) is 2.27. The second-order valence-electron chi connectivity index (χ2n) is 2.68. The van der Waals surface area contributed by atoms with Gasteiger partial charge in [0.2, 0.25) is 0 Å². The van der Waals surface area contributed by atoms with Gasteiger partial charge in [0.25, 0.3) is 0 Å². The Balaban J connectivity index is 2.34. The van der Waals surface area contributed by atoms with Crippen molar-refractivity contribution in [1.82, 2.24) is 4.98 Å². The lowest BCUT2D eigenvalue weighted by Gasteiger charge is -2.12. The van der Waals surface area contributed by atoms with Crippen LogP contribution in [0.25, 0.3) is 0 Å². The van der Waals surface area contributed by atoms with E-state index in [2.05, 4.69) is 4.98 Å². The fourth-order valence-electron chi connectivity index (χ4n) is 1.30. The summed E-state index contributed by atoms with van der Waals surface area (Å²) in [6.45, 7) is 0. The van der Waals surface area contributed by atoms with E-state index in [9.17, 15) is 4.39 Å². The van der Waals surface area contributed by atoms with Crippen LogP contribution in [-0.4, -0.2) is 11.2 Å². The molecule has 2 rings (SSSR count). The van der Waals surface area contributed by atoms with Gasteiger partial charge in [0.15, 0.2) is 4.47 Å². The first kappa shape index (κ1) is 7.50. The number of rotatable bonds is 0. The zero-order valence-corrected chi connectivity index (χ0v) is 7.38. The predicted octanol–water partition coefficient (Wildman–Crippen LogP) is 2.62. The highest BCUT2D eigenvalue weighted by molar-refractivity contribution is 7.15. The third-order valence-corrected chi connectivity index (χ3v) is 3.08. The van der Waals surface area contributed by atoms with Crippen LogP contribution in [0.15, 0.2) is 0 Å². The molecule has 0 radical (unpaired) electrons. The molecule has 4 heteroatoms. The lowest BCUT2D eigenvalue weighted by atomic mass is 10.0. The van der Waals surface area contributed by atoms with Gasteiger partial charge in [0, 0.05) is 11.3 Å². The Hall–Kier alpha value is -0.150. The number of thiazole rings is 1. The van der Waals surface area contributed by atoms with Gasteiger partial charge in [0.1, 0.15) is 6.17 Å². The Bertz CT molecular complexity index is 273. The maximum atomic E-state index is 12.8. The highest BCUT2D eigenvalue weighted by Gasteiger charge is 2.21. The summed E-state index contributed by atoms with van der Waals surface area (Å²) in [4.78, 5) is 5.14. The SMILES string of the molecule is FC1CCc2nc(Cl)sc2C1. The Kier molecular flexibility index (Phi) is 1.85. The fourth-order valence-corrected chi connectivity index (χ4v) is 2.57. The van der Waals surface area contributed by atoms with Gasteiger partial charge in [-0.1, -0.05) is 11.6 Å². The summed E-state index contributed by atoms with van der Waals surface area (Å²) in [6.07, 6.45) is 1.19. The van der Waals surface area contributed by atoms with Crippen LogP contribution in [0.2, 0.25) is 4.47 Å². The van der Waals surface area contributed by atoms with Crippen molar-refractivity contribution in [3.8, 4) is 0 Å². The molecule has 1 heterocycles. The maximum absolute atomic E-state index is 12.8. The van der Waals surface area contributed by atoms with Gasteiger partial charge in [-0.3, -0.25) is 0 Å². The molecule has 11 heavy (non-hydrogen) atoms. The van der Waals surface area contributed by atoms with E-state index >= 15 is 0 Å². The van der Waals surface area contributed by atoms with Crippen molar-refractivity contribution < 1.29 is 4.39 Å². The maximum Gasteiger partial charge on any atom is 0.184 e. The summed E-state index contributed by atoms with van der Waals surface area (Å²) < 4.78 is 13.4. The second-order valence-corrected chi connectivity index (χ2v) is 4.34. The van der Waals surface area contributed by atoms with Crippen molar-refractivity contribution >= 4 is 22.9 Å². The van der Waals surface area contributed by atoms with E-state index in [0.717, 1.165) is 17.0 Å². The Morgan fingerprint density at radius 1 is 1.64 bits per heavy atom. The van der Waals surface area contributed by atoms with Gasteiger partial charge >= 0.3 is 0 Å². The van der Waals surface area contributed by atoms with Crippen LogP contribution in [0, 0.1) is 0 Å². The van der Waals surface area contributed by atoms with Gasteiger partial charge in [-0.25, -0.2) is 9.37 Å². The standard InChI is InChI=1S/C7H7ClFNS/c8-7-10-5-2-1-4(9)3-6(5)11-7/h4H,1-3H2. The van der Waals surface area contributed by atoms with Crippen LogP contribution in [0.4, 0.5) is 4.39 Å². The van der Waals surface area contributed by atoms with Crippen molar-refractivity contribution in [1.29, 1.82) is 0 Å². The average molecular weight is 192 g/mol. The van der Waals surface area contributed by atoms with Crippen molar-refractivity contribution in [3.63, 3.8) is 0 Å². The third-order valence-electron chi connectivity index (χ3n) is 1.85. The fraction of sp³-hybridized carbons (Fsp3) is 0.571. The van der Waals surface area contributed by atoms with E-state index in [1.807, 2.05) is 0 Å². The number of alkyl halides is 1. The molecule has 1 aromatic heterocycles. The quantitative estimate of drug-likeness (QED) is 0.615. The van der Waals surface area contributed by atoms with Crippen molar-refractivity contribution in [3.05, 3.63) is 15.0 Å². The van der Waals surface area contributed by atoms with E-state index < -0.39 is 6.17 Å². The van der Waals surface area contributed by atoms with Crippen molar-refractivity contribution in [2.75, 3.05) is 0 Å². The van der Waals surface area contributed by atoms with E-state index in [4.69, 9.17) is 11.6 Å². The molecule has 60 valence electrons. The third kappa shape index (κ3) is 1.40. The molecule has 0 saturated heterocycles. The van der Waals surface area contributed by atoms with Gasteiger partial charge in [-0.05, 0) is 12.8 Å². The number of nitrogens with zero attached hydrogens (tertiary/aromatic N) is 1. The Morgan fingerprint density at radius 2 is 2.45 bits per heavy atom. The molecule has 0 bridgehead atoms. The van der Waals surface area contributed by atoms with Crippen molar-refractivity contribution in [2.45, 2.75) is 25.4 Å². The van der Waals surface area contributed by atoms with Gasteiger partial charge in [0.05, 0.1) is 5.69 Å². The zero-order valence-electron chi connectivity index (χ0n) is 5.81. The molecule has 0 aromatic carbocycles. The normalized spacial score (nSPS) is 23.3. The summed E-state index contributed by atoms with van der Waals surface area (Å²) >= 11 is 7.09. The molecule has 0 saturated carbocycles. The molecule has 0 aliphatic heterocycles. The number of fused-ring (bicyclic) bond motifs is 1. The van der Waals surface area contributed by atoms with Crippen LogP contribution in [-0.2, 0) is 12.8 Å². The molecular weight excluding hydrogens is 185 g/mol. The molecule has 1 aliphatic carbocycles. The van der Waals surface area contributed by atoms with Crippen LogP contribution < -0.4 is 0 Å². The van der Waals surface area contributed by atoms with Gasteiger partial charge in [-0.15, -0.1) is 11.3 Å². The number of halogens is 2. The number of aromatic nitrogens is 1. The minimum atomic E-state index is -0.681. The number of aryl methyl sites for hydroxylation is 1. The van der Waals surface area contributed by atoms with Crippen molar-refractivity contribution in [2.24, 2.45) is 0 Å². The molecule has 1 nitrogen and oxygen atoms in total. The minimum Gasteiger partial charge on any atom is -0.247 e. The molecule has 0 spiro atoms. The van der Waals surface area contributed by atoms with Gasteiger partial charge in [-0.2, -0.15) is 0 Å². The van der Waals surface area contributed by atoms with E-state index in [0.29, 0.717) is 17.3 Å². The molecule has 1 aliphatic rings. The predicted molar refractivity (Wildman–Crippen MR) is 44.0 cm³/mol. The summed E-state index contributed by atoms with van der Waals surface area (Å²) in [5.74, 6) is 0. The summed E-state index contributed by atoms with van der Waals surface area (Å²) in [6, 6.07) is 0. The first-order valence-electron chi connectivity index (χ1n) is 3.54. The monoisotopic (exact) mass is 191 g/mol. The second kappa shape index (κ2) is 2.72.